The summed E-state index contributed by atoms with van der Waals surface area (Å²) in [7, 11) is 2.90. The Morgan fingerprint density at radius 3 is 1.66 bits per heavy atom. The molecule has 4 aromatic rings. The Hall–Kier alpha value is -4.31. The highest BCUT2D eigenvalue weighted by Gasteiger charge is 2.34. The second-order valence-electron chi connectivity index (χ2n) is 17.1. The van der Waals surface area contributed by atoms with Gasteiger partial charge in [0, 0.05) is 75.2 Å². The van der Waals surface area contributed by atoms with E-state index in [9.17, 15) is 9.59 Å². The fraction of sp³-hybridized carbons (Fsp3) is 0.478. The molecule has 2 fully saturated rings. The molecule has 0 aliphatic carbocycles. The smallest absolute Gasteiger partial charge is 0.312 e. The average Bonchev–Trinajstić information content (AvgIpc) is 3.70. The maximum absolute atomic E-state index is 12.0. The Balaban J connectivity index is 0.000000169. The molecular formula is C46H59ClN6O6S2. The summed E-state index contributed by atoms with van der Waals surface area (Å²) >= 11 is 9.46. The number of rotatable bonds is 6. The predicted molar refractivity (Wildman–Crippen MR) is 248 cm³/mol. The van der Waals surface area contributed by atoms with Gasteiger partial charge in [0.15, 0.2) is 21.6 Å². The molecule has 2 aromatic heterocycles. The minimum absolute atomic E-state index is 0.129. The van der Waals surface area contributed by atoms with Gasteiger partial charge in [-0.25, -0.2) is 9.98 Å². The molecule has 0 radical (unpaired) electrons. The number of esters is 2. The number of nitrogens with one attached hydrogen (secondary N) is 1. The van der Waals surface area contributed by atoms with E-state index in [1.807, 2.05) is 77.9 Å². The lowest BCUT2D eigenvalue weighted by Crippen LogP contribution is -2.52. The van der Waals surface area contributed by atoms with Crippen LogP contribution in [0.15, 0.2) is 58.5 Å². The number of halogens is 1. The van der Waals surface area contributed by atoms with Crippen molar-refractivity contribution in [2.45, 2.75) is 55.4 Å². The molecule has 2 aromatic carbocycles. The second kappa shape index (κ2) is 19.8. The quantitative estimate of drug-likeness (QED) is 0.188. The van der Waals surface area contributed by atoms with Crippen molar-refractivity contribution in [1.29, 1.82) is 0 Å². The number of ether oxygens (including phenoxy) is 4. The molecule has 0 bridgehead atoms. The first kappa shape index (κ1) is 46.2. The maximum Gasteiger partial charge on any atom is 0.312 e. The summed E-state index contributed by atoms with van der Waals surface area (Å²) in [5.41, 5.74) is 4.98. The van der Waals surface area contributed by atoms with Crippen LogP contribution in [0.4, 0.5) is 11.4 Å². The zero-order chi connectivity index (χ0) is 44.1. The number of amidine groups is 1. The normalized spacial score (nSPS) is 16.4. The average molecular weight is 892 g/mol. The molecule has 328 valence electrons. The lowest BCUT2D eigenvalue weighted by atomic mass is 9.92. The van der Waals surface area contributed by atoms with E-state index in [0.29, 0.717) is 11.7 Å². The lowest BCUT2D eigenvalue weighted by molar-refractivity contribution is -0.152. The Morgan fingerprint density at radius 2 is 1.15 bits per heavy atom. The molecule has 4 aliphatic rings. The topological polar surface area (TPSA) is 118 Å². The monoisotopic (exact) mass is 890 g/mol. The minimum atomic E-state index is -0.515. The van der Waals surface area contributed by atoms with Crippen LogP contribution in [0, 0.1) is 38.5 Å². The van der Waals surface area contributed by atoms with E-state index in [-0.39, 0.29) is 11.9 Å². The van der Waals surface area contributed by atoms with Gasteiger partial charge in [-0.15, -0.1) is 22.7 Å². The van der Waals surface area contributed by atoms with E-state index >= 15 is 0 Å². The highest BCUT2D eigenvalue weighted by Crippen LogP contribution is 2.44. The fourth-order valence-electron chi connectivity index (χ4n) is 7.60. The third kappa shape index (κ3) is 11.6. The third-order valence-electron chi connectivity index (χ3n) is 10.8. The highest BCUT2D eigenvalue weighted by molar-refractivity contribution is 7.14. The number of hydrogen-bond donors (Lipinski definition) is 1. The summed E-state index contributed by atoms with van der Waals surface area (Å²) in [6, 6.07) is 16.2. The van der Waals surface area contributed by atoms with Crippen LogP contribution in [0.1, 0.15) is 59.7 Å². The number of fused-ring (bicyclic) bond motifs is 4. The molecule has 8 rings (SSSR count). The van der Waals surface area contributed by atoms with Crippen molar-refractivity contribution < 1.29 is 28.5 Å². The molecule has 0 unspecified atom stereocenters. The van der Waals surface area contributed by atoms with Crippen LogP contribution in [0.25, 0.3) is 0 Å². The zero-order valence-corrected chi connectivity index (χ0v) is 39.5. The largest absolute Gasteiger partial charge is 0.469 e. The summed E-state index contributed by atoms with van der Waals surface area (Å²) in [6.07, 6.45) is 0. The first-order chi connectivity index (χ1) is 29.0. The molecule has 15 heteroatoms. The highest BCUT2D eigenvalue weighted by atomic mass is 35.5. The molecule has 1 N–H and O–H groups in total. The number of carbonyl (C=O) groups excluding carboxylic acids is 2. The van der Waals surface area contributed by atoms with E-state index in [4.69, 9.17) is 35.5 Å². The van der Waals surface area contributed by atoms with Crippen molar-refractivity contribution in [3.05, 3.63) is 80.5 Å². The molecule has 0 atom stereocenters. The summed E-state index contributed by atoms with van der Waals surface area (Å²) in [5, 5.41) is 5.51. The standard InChI is InChI=1S/C23H29N3O3S.C13H10ClNOS.C10H20N2O2/c1-15-6-7-18-19(12-15)29-21-17(13-16(2)30-21)20(24-18)26-10-8-25(9-11-26)14-23(3,4)22(27)28-5;1-7-3-4-10-11(5-7)16-13-9(12(14)15-10)6-8(2)17-13;1-10(2,9(13)14-3)8-12-6-4-11-5-7-12/h6-7,12-13H,8-11,14H2,1-5H3;3-6H,1-2H3;11H,4-8H2,1-3H3. The molecule has 6 heterocycles. The van der Waals surface area contributed by atoms with Crippen molar-refractivity contribution in [2.24, 2.45) is 20.8 Å². The van der Waals surface area contributed by atoms with E-state index in [2.05, 4.69) is 51.0 Å². The van der Waals surface area contributed by atoms with Crippen LogP contribution in [0.2, 0.25) is 0 Å². The molecule has 0 spiro atoms. The van der Waals surface area contributed by atoms with E-state index in [1.165, 1.54) is 24.0 Å². The van der Waals surface area contributed by atoms with Gasteiger partial charge in [0.1, 0.15) is 22.4 Å². The van der Waals surface area contributed by atoms with Gasteiger partial charge in [0.25, 0.3) is 0 Å². The molecular weight excluding hydrogens is 832 g/mol. The van der Waals surface area contributed by atoms with Gasteiger partial charge in [-0.05, 0) is 103 Å². The number of thiophene rings is 2. The molecule has 2 saturated heterocycles. The van der Waals surface area contributed by atoms with Crippen molar-refractivity contribution in [1.82, 2.24) is 20.0 Å². The van der Waals surface area contributed by atoms with E-state index in [0.717, 1.165) is 120 Å². The Labute approximate surface area is 373 Å². The molecule has 4 aliphatic heterocycles. The van der Waals surface area contributed by atoms with Gasteiger partial charge in [0.2, 0.25) is 0 Å². The molecule has 12 nitrogen and oxygen atoms in total. The van der Waals surface area contributed by atoms with E-state index < -0.39 is 10.8 Å². The SMILES string of the molecule is COC(=O)C(C)(C)CN1CCN(C2=Nc3ccc(C)cc3Oc3sc(C)cc32)CC1.COC(=O)C(C)(C)CN1CCNCC1.Cc1ccc2c(c1)Oc1sc(C)cc1C(Cl)=N2. The molecule has 0 saturated carbocycles. The summed E-state index contributed by atoms with van der Waals surface area (Å²) in [6.45, 7) is 24.9. The number of nitrogens with zero attached hydrogens (tertiary/aromatic N) is 5. The first-order valence-corrected chi connectivity index (χ1v) is 22.7. The number of aryl methyl sites for hydroxylation is 4. The Bertz CT molecular complexity index is 2270. The van der Waals surface area contributed by atoms with Crippen molar-refractivity contribution in [3.63, 3.8) is 0 Å². The Kier molecular flexibility index (Phi) is 15.0. The van der Waals surface area contributed by atoms with Crippen molar-refractivity contribution >= 4 is 68.6 Å². The molecule has 0 amide bonds. The van der Waals surface area contributed by atoms with Gasteiger partial charge in [-0.1, -0.05) is 23.7 Å². The third-order valence-corrected chi connectivity index (χ3v) is 12.9. The number of carbonyl (C=O) groups is 2. The summed E-state index contributed by atoms with van der Waals surface area (Å²) in [4.78, 5) is 42.3. The van der Waals surface area contributed by atoms with Crippen LogP contribution in [-0.2, 0) is 19.1 Å². The van der Waals surface area contributed by atoms with Gasteiger partial charge in [-0.2, -0.15) is 0 Å². The number of benzene rings is 2. The number of piperazine rings is 2. The van der Waals surface area contributed by atoms with E-state index in [1.54, 1.807) is 22.7 Å². The zero-order valence-electron chi connectivity index (χ0n) is 37.1. The van der Waals surface area contributed by atoms with Gasteiger partial charge < -0.3 is 29.2 Å². The lowest BCUT2D eigenvalue weighted by Gasteiger charge is -2.39. The maximum atomic E-state index is 12.0. The van der Waals surface area contributed by atoms with Gasteiger partial charge >= 0.3 is 11.9 Å². The van der Waals surface area contributed by atoms with Gasteiger partial charge in [0.05, 0.1) is 36.2 Å². The Morgan fingerprint density at radius 1 is 0.689 bits per heavy atom. The number of methoxy groups -OCH3 is 2. The number of aliphatic imine (C=N–C) groups is 2. The second-order valence-corrected chi connectivity index (χ2v) is 19.9. The van der Waals surface area contributed by atoms with Crippen LogP contribution in [-0.4, -0.2) is 117 Å². The van der Waals surface area contributed by atoms with Crippen LogP contribution in [0.3, 0.4) is 0 Å². The number of hydrogen-bond acceptors (Lipinski definition) is 14. The fourth-order valence-corrected chi connectivity index (χ4v) is 9.61. The molecule has 61 heavy (non-hydrogen) atoms. The summed E-state index contributed by atoms with van der Waals surface area (Å²) < 4.78 is 21.9. The summed E-state index contributed by atoms with van der Waals surface area (Å²) in [5.74, 6) is 2.26. The minimum Gasteiger partial charge on any atom is -0.469 e. The van der Waals surface area contributed by atoms with Crippen LogP contribution < -0.4 is 14.8 Å². The van der Waals surface area contributed by atoms with Crippen molar-refractivity contribution in [3.8, 4) is 21.6 Å². The van der Waals surface area contributed by atoms with Crippen LogP contribution in [0.5, 0.6) is 21.6 Å². The predicted octanol–water partition coefficient (Wildman–Crippen LogP) is 9.24. The van der Waals surface area contributed by atoms with Crippen molar-refractivity contribution in [2.75, 3.05) is 79.7 Å². The van der Waals surface area contributed by atoms with Gasteiger partial charge in [-0.3, -0.25) is 19.4 Å². The first-order valence-electron chi connectivity index (χ1n) is 20.6. The van der Waals surface area contributed by atoms with Crippen LogP contribution >= 0.6 is 34.3 Å².